The molecule has 1 N–H and O–H groups in total. The van der Waals surface area contributed by atoms with Gasteiger partial charge in [-0.15, -0.1) is 0 Å². The number of hydrogen-bond acceptors (Lipinski definition) is 4. The maximum Gasteiger partial charge on any atom is 0.348 e. The van der Waals surface area contributed by atoms with Crippen molar-refractivity contribution in [1.29, 1.82) is 0 Å². The van der Waals surface area contributed by atoms with Gasteiger partial charge in [0.2, 0.25) is 0 Å². The Balaban J connectivity index is 3.77. The van der Waals surface area contributed by atoms with Crippen LogP contribution in [0.4, 0.5) is 0 Å². The highest BCUT2D eigenvalue weighted by Crippen LogP contribution is 1.83. The maximum atomic E-state index is 9.93. The topological polar surface area (TPSA) is 56.1 Å². The van der Waals surface area contributed by atoms with E-state index in [1.807, 2.05) is 0 Å². The quantitative estimate of drug-likeness (QED) is 0.428. The molecule has 0 bridgehead atoms. The maximum absolute atomic E-state index is 9.93. The molecule has 58 valence electrons. The Kier molecular flexibility index (Phi) is 3.42. The van der Waals surface area contributed by atoms with Crippen molar-refractivity contribution in [3.05, 3.63) is 0 Å². The minimum atomic E-state index is -1.05. The molecule has 0 radical (unpaired) electrons. The minimum absolute atomic E-state index is 0.833. The van der Waals surface area contributed by atoms with Crippen LogP contribution in [-0.2, 0) is 4.79 Å². The Hall–Kier alpha value is -1.10. The number of rotatable bonds is 3. The molecule has 0 rings (SSSR count). The van der Waals surface area contributed by atoms with Crippen LogP contribution in [0.1, 0.15) is 0 Å². The van der Waals surface area contributed by atoms with Gasteiger partial charge >= 0.3 is 5.97 Å². The van der Waals surface area contributed by atoms with E-state index in [4.69, 9.17) is 5.11 Å². The van der Waals surface area contributed by atoms with Crippen molar-refractivity contribution in [3.8, 4) is 0 Å². The summed E-state index contributed by atoms with van der Waals surface area (Å²) >= 11 is 0. The zero-order chi connectivity index (χ0) is 8.15. The fraction of sp³-hybridized carbons (Fsp3) is 0.600. The predicted molar refractivity (Wildman–Crippen MR) is 37.6 cm³/mol. The number of hydrogen-bond donors (Lipinski definition) is 1. The molecule has 0 aliphatic rings. The first-order chi connectivity index (χ1) is 4.54. The Morgan fingerprint density at radius 1 is 1.50 bits per heavy atom. The summed E-state index contributed by atoms with van der Waals surface area (Å²) in [5.74, 6) is -1.05. The van der Waals surface area contributed by atoms with E-state index in [1.165, 1.54) is 5.12 Å². The van der Waals surface area contributed by atoms with Crippen LogP contribution in [0.25, 0.3) is 0 Å². The molecule has 0 aromatic heterocycles. The summed E-state index contributed by atoms with van der Waals surface area (Å²) in [4.78, 5) is 9.93. The van der Waals surface area contributed by atoms with Gasteiger partial charge in [0.05, 0.1) is 0 Å². The number of carboxylic acids is 1. The highest BCUT2D eigenvalue weighted by atomic mass is 16.4. The molecule has 10 heavy (non-hydrogen) atoms. The lowest BCUT2D eigenvalue weighted by atomic mass is 10.8. The van der Waals surface area contributed by atoms with Crippen molar-refractivity contribution in [2.45, 2.75) is 0 Å². The Bertz CT molecular complexity index is 144. The second-order valence-corrected chi connectivity index (χ2v) is 1.92. The normalized spacial score (nSPS) is 10.8. The van der Waals surface area contributed by atoms with Crippen LogP contribution in [0.2, 0.25) is 0 Å². The smallest absolute Gasteiger partial charge is 0.348 e. The van der Waals surface area contributed by atoms with Crippen molar-refractivity contribution in [1.82, 2.24) is 10.1 Å². The summed E-state index contributed by atoms with van der Waals surface area (Å²) in [5, 5.41) is 14.8. The van der Waals surface area contributed by atoms with E-state index < -0.39 is 5.97 Å². The Morgan fingerprint density at radius 3 is 2.30 bits per heavy atom. The van der Waals surface area contributed by atoms with Crippen molar-refractivity contribution in [3.63, 3.8) is 0 Å². The minimum Gasteiger partial charge on any atom is -0.477 e. The molecule has 0 fully saturated rings. The highest BCUT2D eigenvalue weighted by molar-refractivity contribution is 6.21. The van der Waals surface area contributed by atoms with Crippen LogP contribution >= 0.6 is 0 Å². The molecule has 0 aromatic carbocycles. The molecule has 0 saturated heterocycles. The summed E-state index contributed by atoms with van der Waals surface area (Å²) in [6.07, 6.45) is 0.833. The van der Waals surface area contributed by atoms with Gasteiger partial charge in [-0.25, -0.2) is 14.9 Å². The van der Waals surface area contributed by atoms with Crippen LogP contribution in [0.5, 0.6) is 0 Å². The summed E-state index contributed by atoms with van der Waals surface area (Å²) in [6, 6.07) is 0. The van der Waals surface area contributed by atoms with Crippen LogP contribution in [0.15, 0.2) is 5.10 Å². The number of carboxylic acid groups (broad SMARTS) is 1. The first-order valence-electron chi connectivity index (χ1n) is 2.72. The fourth-order valence-electron chi connectivity index (χ4n) is 0.236. The lowest BCUT2D eigenvalue weighted by Crippen LogP contribution is -2.28. The average molecular weight is 145 g/mol. The molecule has 0 saturated carbocycles. The van der Waals surface area contributed by atoms with Crippen molar-refractivity contribution in [2.75, 3.05) is 21.1 Å². The Labute approximate surface area is 59.5 Å². The van der Waals surface area contributed by atoms with Crippen molar-refractivity contribution < 1.29 is 9.90 Å². The molecule has 5 nitrogen and oxygen atoms in total. The third-order valence-corrected chi connectivity index (χ3v) is 0.914. The van der Waals surface area contributed by atoms with Gasteiger partial charge in [-0.3, -0.25) is 0 Å². The fourth-order valence-corrected chi connectivity index (χ4v) is 0.236. The predicted octanol–water partition coefficient (Wildman–Crippen LogP) is -0.535. The van der Waals surface area contributed by atoms with E-state index in [1.54, 1.807) is 26.2 Å². The molecule has 0 aromatic rings. The molecule has 0 heterocycles. The third-order valence-electron chi connectivity index (χ3n) is 0.914. The standard InChI is InChI=1S/C5H11N3O2/c1-7(2)8(3)6-4-5(9)10/h4H,1-3H3,(H,9,10). The van der Waals surface area contributed by atoms with Crippen LogP contribution < -0.4 is 0 Å². The lowest BCUT2D eigenvalue weighted by Gasteiger charge is -2.19. The van der Waals surface area contributed by atoms with E-state index >= 15 is 0 Å². The molecule has 0 aliphatic carbocycles. The number of carbonyl (C=O) groups is 1. The molecular weight excluding hydrogens is 134 g/mol. The number of nitrogens with zero attached hydrogens (tertiary/aromatic N) is 3. The van der Waals surface area contributed by atoms with E-state index in [0.29, 0.717) is 0 Å². The number of hydrazone groups is 1. The van der Waals surface area contributed by atoms with E-state index in [-0.39, 0.29) is 0 Å². The van der Waals surface area contributed by atoms with Gasteiger partial charge in [-0.2, -0.15) is 5.10 Å². The molecule has 0 unspecified atom stereocenters. The van der Waals surface area contributed by atoms with E-state index in [2.05, 4.69) is 5.10 Å². The highest BCUT2D eigenvalue weighted by Gasteiger charge is 1.93. The second kappa shape index (κ2) is 3.84. The van der Waals surface area contributed by atoms with Gasteiger partial charge in [-0.1, -0.05) is 0 Å². The zero-order valence-electron chi connectivity index (χ0n) is 6.27. The SMILES string of the molecule is CN(C)N(C)N=CC(=O)O. The van der Waals surface area contributed by atoms with Crippen LogP contribution in [0.3, 0.4) is 0 Å². The van der Waals surface area contributed by atoms with Crippen LogP contribution in [0, 0.1) is 0 Å². The third kappa shape index (κ3) is 3.85. The largest absolute Gasteiger partial charge is 0.477 e. The number of hydrazine groups is 1. The van der Waals surface area contributed by atoms with Gasteiger partial charge in [0, 0.05) is 21.1 Å². The first-order valence-corrected chi connectivity index (χ1v) is 2.72. The van der Waals surface area contributed by atoms with Gasteiger partial charge < -0.3 is 5.11 Å². The summed E-state index contributed by atoms with van der Waals surface area (Å²) in [7, 11) is 5.18. The summed E-state index contributed by atoms with van der Waals surface area (Å²) in [5.41, 5.74) is 0. The molecule has 0 spiro atoms. The first kappa shape index (κ1) is 8.90. The van der Waals surface area contributed by atoms with Crippen molar-refractivity contribution in [2.24, 2.45) is 5.10 Å². The van der Waals surface area contributed by atoms with Gasteiger partial charge in [0.15, 0.2) is 0 Å². The molecule has 0 amide bonds. The molecule has 0 aliphatic heterocycles. The van der Waals surface area contributed by atoms with Crippen LogP contribution in [-0.4, -0.2) is 48.6 Å². The monoisotopic (exact) mass is 145 g/mol. The summed E-state index contributed by atoms with van der Waals surface area (Å²) in [6.45, 7) is 0. The zero-order valence-corrected chi connectivity index (χ0v) is 6.27. The lowest BCUT2D eigenvalue weighted by molar-refractivity contribution is -0.129. The molecule has 0 atom stereocenters. The second-order valence-electron chi connectivity index (χ2n) is 1.92. The number of aliphatic carboxylic acids is 1. The van der Waals surface area contributed by atoms with E-state index in [9.17, 15) is 4.79 Å². The van der Waals surface area contributed by atoms with Gasteiger partial charge in [0.1, 0.15) is 6.21 Å². The molecule has 5 heteroatoms. The molecular formula is C5H11N3O2. The summed E-state index contributed by atoms with van der Waals surface area (Å²) < 4.78 is 0. The average Bonchev–Trinajstić information content (AvgIpc) is 1.82. The van der Waals surface area contributed by atoms with Gasteiger partial charge in [-0.05, 0) is 0 Å². The Morgan fingerprint density at radius 2 is 2.00 bits per heavy atom. The van der Waals surface area contributed by atoms with E-state index in [0.717, 1.165) is 6.21 Å². The van der Waals surface area contributed by atoms with Crippen molar-refractivity contribution >= 4 is 12.2 Å². The van der Waals surface area contributed by atoms with Gasteiger partial charge in [0.25, 0.3) is 0 Å².